The molecule has 0 saturated carbocycles. The summed E-state index contributed by atoms with van der Waals surface area (Å²) in [6.07, 6.45) is 2.50. The van der Waals surface area contributed by atoms with Crippen LogP contribution >= 0.6 is 24.0 Å². The first-order chi connectivity index (χ1) is 13.7. The van der Waals surface area contributed by atoms with Gasteiger partial charge in [0.1, 0.15) is 11.5 Å². The third-order valence-electron chi connectivity index (χ3n) is 5.47. The number of nitrogens with zero attached hydrogens (tertiary/aromatic N) is 3. The molecular formula is C21H37IN4O3. The molecule has 29 heavy (non-hydrogen) atoms. The fraction of sp³-hybridized carbons (Fsp3) is 0.762. The molecule has 0 radical (unpaired) electrons. The Kier molecular flexibility index (Phi) is 10.8. The number of aliphatic imine (C=N–C) groups is 1. The summed E-state index contributed by atoms with van der Waals surface area (Å²) < 4.78 is 17.3. The fourth-order valence-corrected chi connectivity index (χ4v) is 3.98. The van der Waals surface area contributed by atoms with Crippen molar-refractivity contribution in [3.8, 4) is 0 Å². The minimum atomic E-state index is 0. The first-order valence-corrected chi connectivity index (χ1v) is 10.7. The Bertz CT molecular complexity index is 611. The molecule has 0 bridgehead atoms. The summed E-state index contributed by atoms with van der Waals surface area (Å²) in [5, 5.41) is 3.48. The molecule has 3 heterocycles. The fourth-order valence-electron chi connectivity index (χ4n) is 3.98. The zero-order chi connectivity index (χ0) is 19.8. The third kappa shape index (κ3) is 7.11. The van der Waals surface area contributed by atoms with Gasteiger partial charge in [-0.05, 0) is 45.7 Å². The predicted octanol–water partition coefficient (Wildman–Crippen LogP) is 3.05. The summed E-state index contributed by atoms with van der Waals surface area (Å²) in [4.78, 5) is 9.81. The normalized spacial score (nSPS) is 20.4. The predicted molar refractivity (Wildman–Crippen MR) is 126 cm³/mol. The molecular weight excluding hydrogens is 483 g/mol. The van der Waals surface area contributed by atoms with Crippen molar-refractivity contribution in [3.63, 3.8) is 0 Å². The standard InChI is InChI=1S/C21H36N4O3.HI/c1-4-22-21(25-10-8-18(9-11-25)27-5-2)23-16-19(20-7-6-17(3)28-20)24-12-14-26-15-13-24;/h6-7,18-19H,4-5,8-16H2,1-3H3,(H,22,23);1H. The molecule has 3 rings (SSSR count). The first-order valence-electron chi connectivity index (χ1n) is 10.7. The van der Waals surface area contributed by atoms with Crippen LogP contribution in [0.5, 0.6) is 0 Å². The van der Waals surface area contributed by atoms with Gasteiger partial charge in [-0.3, -0.25) is 9.89 Å². The second-order valence-corrected chi connectivity index (χ2v) is 7.45. The highest BCUT2D eigenvalue weighted by molar-refractivity contribution is 14.0. The highest BCUT2D eigenvalue weighted by Gasteiger charge is 2.26. The topological polar surface area (TPSA) is 62.5 Å². The minimum Gasteiger partial charge on any atom is -0.465 e. The van der Waals surface area contributed by atoms with Gasteiger partial charge in [-0.1, -0.05) is 0 Å². The SMILES string of the molecule is CCNC(=NCC(c1ccc(C)o1)N1CCOCC1)N1CCC(OCC)CC1.I. The Morgan fingerprint density at radius 3 is 2.52 bits per heavy atom. The van der Waals surface area contributed by atoms with Crippen LogP contribution in [0, 0.1) is 6.92 Å². The number of hydrogen-bond acceptors (Lipinski definition) is 5. The number of furan rings is 1. The second-order valence-electron chi connectivity index (χ2n) is 7.45. The van der Waals surface area contributed by atoms with E-state index in [2.05, 4.69) is 35.0 Å². The lowest BCUT2D eigenvalue weighted by molar-refractivity contribution is 0.0133. The summed E-state index contributed by atoms with van der Waals surface area (Å²) in [6.45, 7) is 13.9. The highest BCUT2D eigenvalue weighted by atomic mass is 127. The van der Waals surface area contributed by atoms with Crippen molar-refractivity contribution < 1.29 is 13.9 Å². The van der Waals surface area contributed by atoms with Crippen molar-refractivity contribution in [2.24, 2.45) is 4.99 Å². The average Bonchev–Trinajstić information content (AvgIpc) is 3.15. The molecule has 2 aliphatic heterocycles. The molecule has 8 heteroatoms. The molecule has 2 saturated heterocycles. The molecule has 0 aromatic carbocycles. The van der Waals surface area contributed by atoms with Crippen LogP contribution in [0.1, 0.15) is 44.3 Å². The van der Waals surface area contributed by atoms with Crippen LogP contribution in [0.2, 0.25) is 0 Å². The van der Waals surface area contributed by atoms with Gasteiger partial charge < -0.3 is 24.1 Å². The van der Waals surface area contributed by atoms with Crippen molar-refractivity contribution in [1.29, 1.82) is 0 Å². The summed E-state index contributed by atoms with van der Waals surface area (Å²) in [5.74, 6) is 2.94. The lowest BCUT2D eigenvalue weighted by atomic mass is 10.1. The van der Waals surface area contributed by atoms with Crippen molar-refractivity contribution >= 4 is 29.9 Å². The number of halogens is 1. The number of hydrogen-bond donors (Lipinski definition) is 1. The number of rotatable bonds is 7. The Labute approximate surface area is 192 Å². The van der Waals surface area contributed by atoms with E-state index in [1.165, 1.54) is 0 Å². The van der Waals surface area contributed by atoms with E-state index in [1.54, 1.807) is 0 Å². The minimum absolute atomic E-state index is 0. The molecule has 1 atom stereocenters. The maximum Gasteiger partial charge on any atom is 0.193 e. The molecule has 1 unspecified atom stereocenters. The maximum atomic E-state index is 5.98. The monoisotopic (exact) mass is 520 g/mol. The van der Waals surface area contributed by atoms with Gasteiger partial charge in [0.05, 0.1) is 31.9 Å². The number of piperidine rings is 1. The van der Waals surface area contributed by atoms with Crippen molar-refractivity contribution in [2.75, 3.05) is 59.1 Å². The zero-order valence-corrected chi connectivity index (χ0v) is 20.4. The quantitative estimate of drug-likeness (QED) is 0.339. The molecule has 166 valence electrons. The van der Waals surface area contributed by atoms with E-state index < -0.39 is 0 Å². The number of aryl methyl sites for hydroxylation is 1. The molecule has 2 fully saturated rings. The van der Waals surface area contributed by atoms with E-state index in [1.807, 2.05) is 13.0 Å². The summed E-state index contributed by atoms with van der Waals surface area (Å²) in [5.41, 5.74) is 0. The van der Waals surface area contributed by atoms with E-state index in [-0.39, 0.29) is 30.0 Å². The lowest BCUT2D eigenvalue weighted by Crippen LogP contribution is -2.47. The largest absolute Gasteiger partial charge is 0.465 e. The highest BCUT2D eigenvalue weighted by Crippen LogP contribution is 2.24. The van der Waals surface area contributed by atoms with E-state index in [4.69, 9.17) is 18.9 Å². The smallest absolute Gasteiger partial charge is 0.193 e. The van der Waals surface area contributed by atoms with Crippen LogP contribution in [0.25, 0.3) is 0 Å². The molecule has 2 aliphatic rings. The van der Waals surface area contributed by atoms with Gasteiger partial charge in [0.15, 0.2) is 5.96 Å². The van der Waals surface area contributed by atoms with Gasteiger partial charge in [-0.25, -0.2) is 0 Å². The van der Waals surface area contributed by atoms with E-state index in [9.17, 15) is 0 Å². The molecule has 0 amide bonds. The van der Waals surface area contributed by atoms with E-state index >= 15 is 0 Å². The van der Waals surface area contributed by atoms with Crippen LogP contribution in [-0.4, -0.2) is 81.0 Å². The van der Waals surface area contributed by atoms with E-state index in [0.717, 1.165) is 82.9 Å². The van der Waals surface area contributed by atoms with Gasteiger partial charge in [0.25, 0.3) is 0 Å². The first kappa shape index (κ1) is 24.4. The Morgan fingerprint density at radius 1 is 1.21 bits per heavy atom. The zero-order valence-electron chi connectivity index (χ0n) is 18.1. The number of likely N-dealkylation sites (tertiary alicyclic amines) is 1. The van der Waals surface area contributed by atoms with Crippen LogP contribution in [0.3, 0.4) is 0 Å². The molecule has 1 aromatic heterocycles. The Balaban J connectivity index is 0.00000300. The number of nitrogens with one attached hydrogen (secondary N) is 1. The summed E-state index contributed by atoms with van der Waals surface area (Å²) >= 11 is 0. The lowest BCUT2D eigenvalue weighted by Gasteiger charge is -2.35. The van der Waals surface area contributed by atoms with Gasteiger partial charge in [0.2, 0.25) is 0 Å². The molecule has 1 N–H and O–H groups in total. The third-order valence-corrected chi connectivity index (χ3v) is 5.47. The van der Waals surface area contributed by atoms with Gasteiger partial charge in [-0.15, -0.1) is 24.0 Å². The van der Waals surface area contributed by atoms with Crippen LogP contribution in [0.15, 0.2) is 21.5 Å². The molecule has 0 spiro atoms. The molecule has 1 aromatic rings. The van der Waals surface area contributed by atoms with Gasteiger partial charge in [-0.2, -0.15) is 0 Å². The Hall–Kier alpha value is -0.840. The molecule has 7 nitrogen and oxygen atoms in total. The van der Waals surface area contributed by atoms with Crippen LogP contribution in [-0.2, 0) is 9.47 Å². The van der Waals surface area contributed by atoms with Crippen molar-refractivity contribution in [2.45, 2.75) is 45.8 Å². The van der Waals surface area contributed by atoms with Crippen molar-refractivity contribution in [1.82, 2.24) is 15.1 Å². The van der Waals surface area contributed by atoms with E-state index in [0.29, 0.717) is 12.6 Å². The number of ether oxygens (including phenoxy) is 2. The number of guanidine groups is 1. The number of morpholine rings is 1. The second kappa shape index (κ2) is 12.8. The van der Waals surface area contributed by atoms with Gasteiger partial charge in [0, 0.05) is 39.3 Å². The van der Waals surface area contributed by atoms with Gasteiger partial charge >= 0.3 is 0 Å². The maximum absolute atomic E-state index is 5.98. The molecule has 0 aliphatic carbocycles. The average molecular weight is 520 g/mol. The summed E-state index contributed by atoms with van der Waals surface area (Å²) in [6, 6.07) is 4.27. The Morgan fingerprint density at radius 2 is 1.93 bits per heavy atom. The summed E-state index contributed by atoms with van der Waals surface area (Å²) in [7, 11) is 0. The van der Waals surface area contributed by atoms with Crippen LogP contribution in [0.4, 0.5) is 0 Å². The van der Waals surface area contributed by atoms with Crippen LogP contribution < -0.4 is 5.32 Å². The van der Waals surface area contributed by atoms with Crippen molar-refractivity contribution in [3.05, 3.63) is 23.7 Å².